The van der Waals surface area contributed by atoms with Crippen LogP contribution < -0.4 is 4.74 Å². The zero-order chi connectivity index (χ0) is 18.4. The van der Waals surface area contributed by atoms with Gasteiger partial charge in [0.25, 0.3) is 5.91 Å². The topological polar surface area (TPSA) is 32.8 Å². The van der Waals surface area contributed by atoms with Gasteiger partial charge < -0.3 is 9.64 Å². The van der Waals surface area contributed by atoms with Gasteiger partial charge in [0.15, 0.2) is 0 Å². The van der Waals surface area contributed by atoms with Gasteiger partial charge >= 0.3 is 0 Å². The van der Waals surface area contributed by atoms with Crippen LogP contribution in [0.15, 0.2) is 48.5 Å². The maximum absolute atomic E-state index is 12.4. The number of carbonyl (C=O) groups is 1. The molecule has 4 nitrogen and oxygen atoms in total. The minimum Gasteiger partial charge on any atom is -0.487 e. The monoisotopic (exact) mass is 340 g/mol. The first-order valence-corrected chi connectivity index (χ1v) is 8.81. The molecule has 3 rings (SSSR count). The summed E-state index contributed by atoms with van der Waals surface area (Å²) in [5, 5.41) is 0. The Hall–Kier alpha value is -2.33. The first-order chi connectivity index (χ1) is 12.0. The van der Waals surface area contributed by atoms with E-state index in [1.165, 1.54) is 0 Å². The minimum atomic E-state index is -0.0349. The van der Waals surface area contributed by atoms with E-state index in [1.807, 2.05) is 50.2 Å². The average Bonchev–Trinajstić information content (AvgIpc) is 2.62. The van der Waals surface area contributed by atoms with Gasteiger partial charge in [-0.3, -0.25) is 9.69 Å². The van der Waals surface area contributed by atoms with Gasteiger partial charge in [-0.05, 0) is 30.3 Å². The van der Waals surface area contributed by atoms with Gasteiger partial charge in [0.1, 0.15) is 11.9 Å². The van der Waals surface area contributed by atoms with Crippen molar-refractivity contribution < 1.29 is 9.53 Å². The maximum atomic E-state index is 12.4. The van der Waals surface area contributed by atoms with Gasteiger partial charge in [-0.15, -0.1) is 0 Å². The van der Waals surface area contributed by atoms with Crippen molar-refractivity contribution in [2.24, 2.45) is 0 Å². The fraction of sp³-hybridized carbons (Fsp3) is 0.381. The lowest BCUT2D eigenvalue weighted by atomic mass is 10.0. The molecular formula is C21H28N2O2. The van der Waals surface area contributed by atoms with E-state index in [2.05, 4.69) is 24.1 Å². The highest BCUT2D eigenvalue weighted by atomic mass is 16.5. The summed E-state index contributed by atoms with van der Waals surface area (Å²) in [7, 11) is 5.58. The van der Waals surface area contributed by atoms with Crippen LogP contribution in [0.3, 0.4) is 0 Å². The Bertz CT molecular complexity index is 692. The zero-order valence-electron chi connectivity index (χ0n) is 15.8. The summed E-state index contributed by atoms with van der Waals surface area (Å²) in [6.07, 6.45) is 0.153. The van der Waals surface area contributed by atoms with Gasteiger partial charge in [0.2, 0.25) is 0 Å². The molecule has 0 bridgehead atoms. The van der Waals surface area contributed by atoms with Crippen molar-refractivity contribution in [3.05, 3.63) is 54.1 Å². The molecule has 1 aliphatic rings. The number of nitrogens with zero attached hydrogens (tertiary/aromatic N) is 2. The molecule has 1 amide bonds. The summed E-state index contributed by atoms with van der Waals surface area (Å²) < 4.78 is 6.10. The van der Waals surface area contributed by atoms with Crippen molar-refractivity contribution in [2.75, 3.05) is 34.2 Å². The lowest BCUT2D eigenvalue weighted by Gasteiger charge is -2.36. The Morgan fingerprint density at radius 1 is 1.04 bits per heavy atom. The summed E-state index contributed by atoms with van der Waals surface area (Å²) >= 11 is 0. The van der Waals surface area contributed by atoms with E-state index < -0.39 is 0 Å². The quantitative estimate of drug-likeness (QED) is 0.849. The van der Waals surface area contributed by atoms with Crippen molar-refractivity contribution in [1.82, 2.24) is 9.80 Å². The number of amides is 1. The average molecular weight is 340 g/mol. The molecule has 0 radical (unpaired) electrons. The molecule has 2 aromatic carbocycles. The predicted octanol–water partition coefficient (Wildman–Crippen LogP) is 3.77. The highest BCUT2D eigenvalue weighted by Crippen LogP contribution is 2.29. The van der Waals surface area contributed by atoms with E-state index in [1.54, 1.807) is 19.0 Å². The van der Waals surface area contributed by atoms with Crippen LogP contribution in [0, 0.1) is 0 Å². The number of likely N-dealkylation sites (N-methyl/N-ethyl adjacent to an activating group) is 1. The number of hydrogen-bond acceptors (Lipinski definition) is 3. The maximum Gasteiger partial charge on any atom is 0.257 e. The van der Waals surface area contributed by atoms with Crippen molar-refractivity contribution in [3.8, 4) is 16.9 Å². The molecule has 0 saturated carbocycles. The van der Waals surface area contributed by atoms with Gasteiger partial charge in [-0.25, -0.2) is 0 Å². The molecular weight excluding hydrogens is 312 g/mol. The standard InChI is InChI=1S/C19H22N2O2.C2H6/c1-20(2)19(22)17-10-9-15(14-7-5-4-6-8-14)11-18(17)23-16-12-21(3)13-16;1-2/h4-11,16H,12-13H2,1-3H3;1-2H3. The van der Waals surface area contributed by atoms with Gasteiger partial charge in [0.05, 0.1) is 5.56 Å². The van der Waals surface area contributed by atoms with Crippen LogP contribution in [-0.4, -0.2) is 56.0 Å². The fourth-order valence-electron chi connectivity index (χ4n) is 2.74. The van der Waals surface area contributed by atoms with Crippen LogP contribution in [0.1, 0.15) is 24.2 Å². The van der Waals surface area contributed by atoms with E-state index >= 15 is 0 Å². The van der Waals surface area contributed by atoms with Crippen LogP contribution in [0.2, 0.25) is 0 Å². The third kappa shape index (κ3) is 4.60. The second-order valence-electron chi connectivity index (χ2n) is 6.24. The number of ether oxygens (including phenoxy) is 1. The molecule has 0 spiro atoms. The van der Waals surface area contributed by atoms with E-state index in [4.69, 9.17) is 4.74 Å². The Morgan fingerprint density at radius 3 is 2.24 bits per heavy atom. The molecule has 0 unspecified atom stereocenters. The number of rotatable bonds is 4. The highest BCUT2D eigenvalue weighted by Gasteiger charge is 2.27. The number of carbonyl (C=O) groups excluding carboxylic acids is 1. The number of hydrogen-bond donors (Lipinski definition) is 0. The van der Waals surface area contributed by atoms with Crippen LogP contribution in [-0.2, 0) is 0 Å². The second-order valence-corrected chi connectivity index (χ2v) is 6.24. The Morgan fingerprint density at radius 2 is 1.68 bits per heavy atom. The number of likely N-dealkylation sites (tertiary alicyclic amines) is 1. The Kier molecular flexibility index (Phi) is 6.59. The molecule has 1 heterocycles. The smallest absolute Gasteiger partial charge is 0.257 e. The first-order valence-electron chi connectivity index (χ1n) is 8.81. The second kappa shape index (κ2) is 8.67. The SMILES string of the molecule is CC.CN1CC(Oc2cc(-c3ccccc3)ccc2C(=O)N(C)C)C1. The fourth-order valence-corrected chi connectivity index (χ4v) is 2.74. The lowest BCUT2D eigenvalue weighted by molar-refractivity contribution is 0.0377. The molecule has 1 fully saturated rings. The van der Waals surface area contributed by atoms with Gasteiger partial charge in [0, 0.05) is 27.2 Å². The molecule has 0 aliphatic carbocycles. The molecule has 1 aliphatic heterocycles. The molecule has 0 N–H and O–H groups in total. The van der Waals surface area contributed by atoms with Crippen LogP contribution in [0.4, 0.5) is 0 Å². The molecule has 4 heteroatoms. The predicted molar refractivity (Wildman–Crippen MR) is 103 cm³/mol. The van der Waals surface area contributed by atoms with E-state index in [0.717, 1.165) is 24.2 Å². The number of benzene rings is 2. The van der Waals surface area contributed by atoms with E-state index in [9.17, 15) is 4.79 Å². The van der Waals surface area contributed by atoms with Crippen molar-refractivity contribution >= 4 is 5.91 Å². The third-order valence-electron chi connectivity index (χ3n) is 4.05. The summed E-state index contributed by atoms with van der Waals surface area (Å²) in [6, 6.07) is 16.0. The molecule has 0 aromatic heterocycles. The molecule has 134 valence electrons. The lowest BCUT2D eigenvalue weighted by Crippen LogP contribution is -2.51. The van der Waals surface area contributed by atoms with Crippen molar-refractivity contribution in [1.29, 1.82) is 0 Å². The summed E-state index contributed by atoms with van der Waals surface area (Å²) in [4.78, 5) is 16.2. The van der Waals surface area contributed by atoms with Crippen LogP contribution in [0.5, 0.6) is 5.75 Å². The minimum absolute atomic E-state index is 0.0349. The third-order valence-corrected chi connectivity index (χ3v) is 4.05. The zero-order valence-corrected chi connectivity index (χ0v) is 15.8. The van der Waals surface area contributed by atoms with Gasteiger partial charge in [-0.2, -0.15) is 0 Å². The Balaban J connectivity index is 0.00000109. The first kappa shape index (κ1) is 19.0. The summed E-state index contributed by atoms with van der Waals surface area (Å²) in [5.74, 6) is 0.635. The largest absolute Gasteiger partial charge is 0.487 e. The normalized spacial score (nSPS) is 14.1. The van der Waals surface area contributed by atoms with Gasteiger partial charge in [-0.1, -0.05) is 50.2 Å². The molecule has 2 aromatic rings. The molecule has 25 heavy (non-hydrogen) atoms. The summed E-state index contributed by atoms with van der Waals surface area (Å²) in [5.41, 5.74) is 2.79. The van der Waals surface area contributed by atoms with Crippen molar-refractivity contribution in [2.45, 2.75) is 20.0 Å². The van der Waals surface area contributed by atoms with E-state index in [-0.39, 0.29) is 12.0 Å². The Labute approximate surface area is 151 Å². The van der Waals surface area contributed by atoms with Crippen molar-refractivity contribution in [3.63, 3.8) is 0 Å². The van der Waals surface area contributed by atoms with E-state index in [0.29, 0.717) is 11.3 Å². The molecule has 0 atom stereocenters. The van der Waals surface area contributed by atoms with Crippen LogP contribution in [0.25, 0.3) is 11.1 Å². The highest BCUT2D eigenvalue weighted by molar-refractivity contribution is 5.97. The molecule has 1 saturated heterocycles. The van der Waals surface area contributed by atoms with Crippen LogP contribution >= 0.6 is 0 Å². The summed E-state index contributed by atoms with van der Waals surface area (Å²) in [6.45, 7) is 5.79.